The number of anilines is 1. The number of fused-ring (bicyclic) bond motifs is 1. The fourth-order valence-electron chi connectivity index (χ4n) is 3.07. The highest BCUT2D eigenvalue weighted by molar-refractivity contribution is 6.07. The lowest BCUT2D eigenvalue weighted by Gasteiger charge is -2.26. The van der Waals surface area contributed by atoms with E-state index in [1.54, 1.807) is 37.3 Å². The van der Waals surface area contributed by atoms with Crippen LogP contribution in [0.2, 0.25) is 0 Å². The van der Waals surface area contributed by atoms with E-state index < -0.39 is 5.95 Å². The van der Waals surface area contributed by atoms with E-state index in [4.69, 9.17) is 5.73 Å². The van der Waals surface area contributed by atoms with Crippen LogP contribution in [-0.4, -0.2) is 27.1 Å². The first kappa shape index (κ1) is 16.4. The minimum absolute atomic E-state index is 0.101. The SMILES string of the molecule is Cc1ccc(-c2cccc3c(N)c(C(=O)NC4CCC4)nnc23)c(F)n1. The standard InChI is InChI=1S/C19H18FN5O/c1-10-8-9-13(18(20)22-10)12-6-3-7-14-15(21)17(25-24-16(12)14)19(26)23-11-4-2-5-11/h3,6-9,11H,2,4-5H2,1H3,(H2,21,24)(H,23,26). The molecule has 7 heteroatoms. The third-order valence-electron chi connectivity index (χ3n) is 4.76. The number of pyridine rings is 1. The summed E-state index contributed by atoms with van der Waals surface area (Å²) in [6.07, 6.45) is 3.05. The highest BCUT2D eigenvalue weighted by Gasteiger charge is 2.23. The molecule has 0 radical (unpaired) electrons. The van der Waals surface area contributed by atoms with Gasteiger partial charge in [-0.3, -0.25) is 4.79 Å². The smallest absolute Gasteiger partial charge is 0.274 e. The molecule has 3 N–H and O–H groups in total. The maximum Gasteiger partial charge on any atom is 0.274 e. The first-order valence-electron chi connectivity index (χ1n) is 8.54. The molecule has 0 atom stereocenters. The monoisotopic (exact) mass is 351 g/mol. The molecule has 0 aliphatic heterocycles. The van der Waals surface area contributed by atoms with Crippen molar-refractivity contribution in [2.45, 2.75) is 32.2 Å². The van der Waals surface area contributed by atoms with Gasteiger partial charge in [0.2, 0.25) is 5.95 Å². The van der Waals surface area contributed by atoms with Crippen LogP contribution in [0.5, 0.6) is 0 Å². The molecule has 132 valence electrons. The fraction of sp³-hybridized carbons (Fsp3) is 0.263. The first-order valence-corrected chi connectivity index (χ1v) is 8.54. The van der Waals surface area contributed by atoms with Crippen LogP contribution in [0.25, 0.3) is 22.0 Å². The molecule has 4 rings (SSSR count). The zero-order valence-electron chi connectivity index (χ0n) is 14.3. The van der Waals surface area contributed by atoms with E-state index >= 15 is 0 Å². The number of nitrogens with zero attached hydrogens (tertiary/aromatic N) is 3. The molecule has 3 aromatic rings. The molecule has 2 heterocycles. The lowest BCUT2D eigenvalue weighted by molar-refractivity contribution is 0.0912. The predicted molar refractivity (Wildman–Crippen MR) is 97.0 cm³/mol. The number of halogens is 1. The number of benzene rings is 1. The maximum atomic E-state index is 14.3. The van der Waals surface area contributed by atoms with Gasteiger partial charge < -0.3 is 11.1 Å². The van der Waals surface area contributed by atoms with Gasteiger partial charge in [0.1, 0.15) is 5.52 Å². The second kappa shape index (κ2) is 6.33. The van der Waals surface area contributed by atoms with Crippen LogP contribution in [0.3, 0.4) is 0 Å². The second-order valence-corrected chi connectivity index (χ2v) is 6.56. The van der Waals surface area contributed by atoms with E-state index in [1.807, 2.05) is 0 Å². The summed E-state index contributed by atoms with van der Waals surface area (Å²) in [5.74, 6) is -0.903. The first-order chi connectivity index (χ1) is 12.5. The Kier molecular flexibility index (Phi) is 3.99. The zero-order chi connectivity index (χ0) is 18.3. The van der Waals surface area contributed by atoms with Gasteiger partial charge in [-0.2, -0.15) is 4.39 Å². The Morgan fingerprint density at radius 1 is 1.19 bits per heavy atom. The van der Waals surface area contributed by atoms with Gasteiger partial charge in [0.25, 0.3) is 5.91 Å². The van der Waals surface area contributed by atoms with Gasteiger partial charge in [-0.15, -0.1) is 10.2 Å². The van der Waals surface area contributed by atoms with Crippen molar-refractivity contribution in [2.75, 3.05) is 5.73 Å². The summed E-state index contributed by atoms with van der Waals surface area (Å²) in [5, 5.41) is 11.7. The van der Waals surface area contributed by atoms with Gasteiger partial charge >= 0.3 is 0 Å². The molecule has 1 fully saturated rings. The second-order valence-electron chi connectivity index (χ2n) is 6.56. The van der Waals surface area contributed by atoms with Crippen LogP contribution in [0.4, 0.5) is 10.1 Å². The Labute approximate surface area is 149 Å². The number of aryl methyl sites for hydroxylation is 1. The quantitative estimate of drug-likeness (QED) is 0.708. The van der Waals surface area contributed by atoms with Gasteiger partial charge in [-0.05, 0) is 38.3 Å². The molecule has 26 heavy (non-hydrogen) atoms. The number of hydrogen-bond donors (Lipinski definition) is 2. The third-order valence-corrected chi connectivity index (χ3v) is 4.76. The highest BCUT2D eigenvalue weighted by Crippen LogP contribution is 2.32. The average molecular weight is 351 g/mol. The largest absolute Gasteiger partial charge is 0.396 e. The van der Waals surface area contributed by atoms with E-state index in [2.05, 4.69) is 20.5 Å². The Hall–Kier alpha value is -3.09. The number of nitrogen functional groups attached to an aromatic ring is 1. The van der Waals surface area contributed by atoms with E-state index in [0.29, 0.717) is 27.7 Å². The van der Waals surface area contributed by atoms with Gasteiger partial charge in [-0.25, -0.2) is 4.98 Å². The van der Waals surface area contributed by atoms with Gasteiger partial charge in [0.15, 0.2) is 5.69 Å². The molecule has 2 aromatic heterocycles. The van der Waals surface area contributed by atoms with E-state index in [1.165, 1.54) is 0 Å². The Balaban J connectivity index is 1.80. The van der Waals surface area contributed by atoms with E-state index in [0.717, 1.165) is 19.3 Å². The van der Waals surface area contributed by atoms with Gasteiger partial charge in [0.05, 0.1) is 5.69 Å². The molecule has 0 saturated heterocycles. The molecular weight excluding hydrogens is 333 g/mol. The Morgan fingerprint density at radius 3 is 2.69 bits per heavy atom. The summed E-state index contributed by atoms with van der Waals surface area (Å²) in [5.41, 5.74) is 8.43. The van der Waals surface area contributed by atoms with Crippen LogP contribution >= 0.6 is 0 Å². The molecule has 1 aromatic carbocycles. The molecular formula is C19H18FN5O. The molecule has 6 nitrogen and oxygen atoms in total. The lowest BCUT2D eigenvalue weighted by Crippen LogP contribution is -2.40. The van der Waals surface area contributed by atoms with Gasteiger partial charge in [-0.1, -0.05) is 18.2 Å². The fourth-order valence-corrected chi connectivity index (χ4v) is 3.07. The van der Waals surface area contributed by atoms with Crippen molar-refractivity contribution < 1.29 is 9.18 Å². The van der Waals surface area contributed by atoms with Crippen LogP contribution in [0, 0.1) is 12.9 Å². The number of carbonyl (C=O) groups excluding carboxylic acids is 1. The topological polar surface area (TPSA) is 93.8 Å². The van der Waals surface area contributed by atoms with Gasteiger partial charge in [0, 0.05) is 28.2 Å². The molecule has 0 spiro atoms. The Morgan fingerprint density at radius 2 is 2.00 bits per heavy atom. The number of amides is 1. The lowest BCUT2D eigenvalue weighted by atomic mass is 9.93. The van der Waals surface area contributed by atoms with Crippen molar-refractivity contribution in [2.24, 2.45) is 0 Å². The van der Waals surface area contributed by atoms with E-state index in [-0.39, 0.29) is 23.3 Å². The summed E-state index contributed by atoms with van der Waals surface area (Å²) in [6.45, 7) is 1.72. The van der Waals surface area contributed by atoms with Crippen LogP contribution < -0.4 is 11.1 Å². The summed E-state index contributed by atoms with van der Waals surface area (Å²) in [4.78, 5) is 16.3. The number of aromatic nitrogens is 3. The van der Waals surface area contributed by atoms with Crippen molar-refractivity contribution in [1.82, 2.24) is 20.5 Å². The number of rotatable bonds is 3. The summed E-state index contributed by atoms with van der Waals surface area (Å²) < 4.78 is 14.3. The molecule has 1 aliphatic rings. The summed E-state index contributed by atoms with van der Waals surface area (Å²) in [7, 11) is 0. The normalized spacial score (nSPS) is 14.2. The third kappa shape index (κ3) is 2.75. The zero-order valence-corrected chi connectivity index (χ0v) is 14.3. The van der Waals surface area contributed by atoms with Crippen LogP contribution in [0.1, 0.15) is 35.4 Å². The predicted octanol–water partition coefficient (Wildman–Crippen LogP) is 3.00. The number of nitrogens with two attached hydrogens (primary N) is 1. The molecule has 1 amide bonds. The summed E-state index contributed by atoms with van der Waals surface area (Å²) >= 11 is 0. The molecule has 0 bridgehead atoms. The van der Waals surface area contributed by atoms with Crippen molar-refractivity contribution in [3.8, 4) is 11.1 Å². The van der Waals surface area contributed by atoms with Crippen LogP contribution in [0.15, 0.2) is 30.3 Å². The molecule has 0 unspecified atom stereocenters. The van der Waals surface area contributed by atoms with Crippen molar-refractivity contribution in [3.05, 3.63) is 47.7 Å². The van der Waals surface area contributed by atoms with Crippen molar-refractivity contribution in [3.63, 3.8) is 0 Å². The van der Waals surface area contributed by atoms with E-state index in [9.17, 15) is 9.18 Å². The molecule has 1 saturated carbocycles. The Bertz CT molecular complexity index is 1020. The van der Waals surface area contributed by atoms with Crippen molar-refractivity contribution >= 4 is 22.5 Å². The van der Waals surface area contributed by atoms with Crippen molar-refractivity contribution in [1.29, 1.82) is 0 Å². The number of carbonyl (C=O) groups is 1. The molecule has 1 aliphatic carbocycles. The highest BCUT2D eigenvalue weighted by atomic mass is 19.1. The van der Waals surface area contributed by atoms with Crippen LogP contribution in [-0.2, 0) is 0 Å². The minimum Gasteiger partial charge on any atom is -0.396 e. The number of nitrogens with one attached hydrogen (secondary N) is 1. The average Bonchev–Trinajstić information content (AvgIpc) is 2.58. The summed E-state index contributed by atoms with van der Waals surface area (Å²) in [6, 6.07) is 8.81. The minimum atomic E-state index is -0.579. The maximum absolute atomic E-state index is 14.3. The number of hydrogen-bond acceptors (Lipinski definition) is 5.